The van der Waals surface area contributed by atoms with Crippen LogP contribution >= 0.6 is 12.6 Å². The van der Waals surface area contributed by atoms with Gasteiger partial charge >= 0.3 is 0 Å². The van der Waals surface area contributed by atoms with E-state index in [1.807, 2.05) is 60.7 Å². The molecule has 0 aliphatic carbocycles. The largest absolute Gasteiger partial charge is 0.434 e. The normalized spacial score (nSPS) is 11.1. The second kappa shape index (κ2) is 5.75. The van der Waals surface area contributed by atoms with Crippen LogP contribution in [-0.2, 0) is 0 Å². The first kappa shape index (κ1) is 12.7. The van der Waals surface area contributed by atoms with Crippen molar-refractivity contribution in [2.75, 3.05) is 0 Å². The Hall–Kier alpha value is -2.33. The van der Waals surface area contributed by atoms with Crippen LogP contribution < -0.4 is 0 Å². The summed E-state index contributed by atoms with van der Waals surface area (Å²) >= 11 is 4.32. The number of aromatic nitrogens is 1. The topological polar surface area (TPSA) is 38.4 Å². The van der Waals surface area contributed by atoms with Crippen molar-refractivity contribution in [1.29, 1.82) is 0 Å². The van der Waals surface area contributed by atoms with Crippen LogP contribution in [0, 0.1) is 0 Å². The van der Waals surface area contributed by atoms with Crippen LogP contribution in [0.4, 0.5) is 5.69 Å². The summed E-state index contributed by atoms with van der Waals surface area (Å²) in [7, 11) is 0. The second-order valence-electron chi connectivity index (χ2n) is 4.17. The number of hydrogen-bond donors (Lipinski definition) is 1. The molecular weight excluding hydrogens is 268 g/mol. The molecule has 1 heterocycles. The summed E-state index contributed by atoms with van der Waals surface area (Å²) in [5.74, 6) is 1.10. The first-order chi connectivity index (χ1) is 9.83. The number of benzene rings is 2. The molecule has 0 saturated heterocycles. The van der Waals surface area contributed by atoms with Crippen molar-refractivity contribution in [1.82, 2.24) is 4.98 Å². The van der Waals surface area contributed by atoms with Gasteiger partial charge < -0.3 is 4.42 Å². The van der Waals surface area contributed by atoms with E-state index in [1.54, 1.807) is 6.21 Å². The lowest BCUT2D eigenvalue weighted by atomic mass is 10.2. The van der Waals surface area contributed by atoms with Gasteiger partial charge in [-0.1, -0.05) is 36.4 Å². The molecule has 4 heteroatoms. The van der Waals surface area contributed by atoms with E-state index in [-0.39, 0.29) is 0 Å². The molecule has 0 aliphatic rings. The quantitative estimate of drug-likeness (QED) is 0.571. The van der Waals surface area contributed by atoms with Crippen LogP contribution in [0.3, 0.4) is 0 Å². The monoisotopic (exact) mass is 280 g/mol. The standard InChI is InChI=1S/C16H12N2OS/c20-16-14(11-17-13-9-5-2-6-10-13)19-15(18-16)12-7-3-1-4-8-12/h1-11,20H. The van der Waals surface area contributed by atoms with Crippen molar-refractivity contribution in [2.24, 2.45) is 4.99 Å². The maximum absolute atomic E-state index is 5.69. The van der Waals surface area contributed by atoms with Crippen LogP contribution in [-0.4, -0.2) is 11.2 Å². The summed E-state index contributed by atoms with van der Waals surface area (Å²) in [6.45, 7) is 0. The van der Waals surface area contributed by atoms with E-state index in [1.165, 1.54) is 0 Å². The average molecular weight is 280 g/mol. The average Bonchev–Trinajstić information content (AvgIpc) is 2.88. The summed E-state index contributed by atoms with van der Waals surface area (Å²) < 4.78 is 5.69. The minimum atomic E-state index is 0.531. The Kier molecular flexibility index (Phi) is 3.65. The number of nitrogens with zero attached hydrogens (tertiary/aromatic N) is 2. The van der Waals surface area contributed by atoms with Crippen molar-refractivity contribution in [2.45, 2.75) is 5.03 Å². The van der Waals surface area contributed by atoms with Gasteiger partial charge in [-0.2, -0.15) is 0 Å². The SMILES string of the molecule is Sc1nc(-c2ccccc2)oc1C=Nc1ccccc1. The van der Waals surface area contributed by atoms with Crippen LogP contribution in [0.2, 0.25) is 0 Å². The number of oxazole rings is 1. The van der Waals surface area contributed by atoms with E-state index in [0.717, 1.165) is 11.3 Å². The molecule has 20 heavy (non-hydrogen) atoms. The molecule has 0 fully saturated rings. The molecule has 2 aromatic carbocycles. The molecule has 0 amide bonds. The fourth-order valence-electron chi connectivity index (χ4n) is 1.76. The zero-order chi connectivity index (χ0) is 13.8. The van der Waals surface area contributed by atoms with E-state index in [9.17, 15) is 0 Å². The van der Waals surface area contributed by atoms with Crippen molar-refractivity contribution in [3.63, 3.8) is 0 Å². The molecule has 0 bridgehead atoms. The Balaban J connectivity index is 1.89. The molecule has 0 spiro atoms. The molecule has 0 atom stereocenters. The van der Waals surface area contributed by atoms with Crippen LogP contribution in [0.25, 0.3) is 11.5 Å². The van der Waals surface area contributed by atoms with E-state index in [0.29, 0.717) is 16.7 Å². The first-order valence-corrected chi connectivity index (χ1v) is 6.62. The summed E-state index contributed by atoms with van der Waals surface area (Å²) in [5.41, 5.74) is 1.78. The number of aliphatic imine (C=N–C) groups is 1. The second-order valence-corrected chi connectivity index (χ2v) is 4.59. The highest BCUT2D eigenvalue weighted by Crippen LogP contribution is 2.23. The van der Waals surface area contributed by atoms with Gasteiger partial charge in [0.2, 0.25) is 5.89 Å². The zero-order valence-electron chi connectivity index (χ0n) is 10.6. The molecule has 3 aromatic rings. The van der Waals surface area contributed by atoms with E-state index in [2.05, 4.69) is 22.6 Å². The van der Waals surface area contributed by atoms with Gasteiger partial charge in [0.1, 0.15) is 5.03 Å². The fourth-order valence-corrected chi connectivity index (χ4v) is 1.95. The van der Waals surface area contributed by atoms with E-state index in [4.69, 9.17) is 4.42 Å². The lowest BCUT2D eigenvalue weighted by Gasteiger charge is -1.92. The Morgan fingerprint density at radius 1 is 0.950 bits per heavy atom. The molecule has 0 saturated carbocycles. The predicted molar refractivity (Wildman–Crippen MR) is 82.9 cm³/mol. The highest BCUT2D eigenvalue weighted by Gasteiger charge is 2.09. The maximum atomic E-state index is 5.69. The lowest BCUT2D eigenvalue weighted by molar-refractivity contribution is 0.564. The van der Waals surface area contributed by atoms with E-state index >= 15 is 0 Å². The van der Waals surface area contributed by atoms with Crippen molar-refractivity contribution < 1.29 is 4.42 Å². The Labute approximate surface area is 122 Å². The van der Waals surface area contributed by atoms with Gasteiger partial charge in [-0.15, -0.1) is 12.6 Å². The van der Waals surface area contributed by atoms with Gasteiger partial charge in [0.25, 0.3) is 0 Å². The third-order valence-electron chi connectivity index (χ3n) is 2.74. The van der Waals surface area contributed by atoms with E-state index < -0.39 is 0 Å². The minimum absolute atomic E-state index is 0.531. The number of rotatable bonds is 3. The Morgan fingerprint density at radius 3 is 2.30 bits per heavy atom. The predicted octanol–water partition coefficient (Wildman–Crippen LogP) is 4.38. The molecule has 1 aromatic heterocycles. The lowest BCUT2D eigenvalue weighted by Crippen LogP contribution is -1.77. The molecule has 0 radical (unpaired) electrons. The zero-order valence-corrected chi connectivity index (χ0v) is 11.5. The van der Waals surface area contributed by atoms with Crippen molar-refractivity contribution >= 4 is 24.5 Å². The highest BCUT2D eigenvalue weighted by molar-refractivity contribution is 7.80. The summed E-state index contributed by atoms with van der Waals surface area (Å²) in [6.07, 6.45) is 1.64. The number of hydrogen-bond acceptors (Lipinski definition) is 4. The number of para-hydroxylation sites is 1. The highest BCUT2D eigenvalue weighted by atomic mass is 32.1. The van der Waals surface area contributed by atoms with Gasteiger partial charge in [0, 0.05) is 5.56 Å². The molecule has 3 nitrogen and oxygen atoms in total. The molecule has 0 unspecified atom stereocenters. The Bertz CT molecular complexity index is 721. The van der Waals surface area contributed by atoms with Crippen LogP contribution in [0.15, 0.2) is 75.1 Å². The fraction of sp³-hybridized carbons (Fsp3) is 0. The summed E-state index contributed by atoms with van der Waals surface area (Å²) in [5, 5.41) is 0.531. The van der Waals surface area contributed by atoms with Gasteiger partial charge in [0.05, 0.1) is 11.9 Å². The smallest absolute Gasteiger partial charge is 0.227 e. The minimum Gasteiger partial charge on any atom is -0.434 e. The third kappa shape index (κ3) is 2.81. The third-order valence-corrected chi connectivity index (χ3v) is 3.06. The number of thiol groups is 1. The van der Waals surface area contributed by atoms with Gasteiger partial charge in [-0.25, -0.2) is 4.98 Å². The first-order valence-electron chi connectivity index (χ1n) is 6.17. The van der Waals surface area contributed by atoms with Crippen molar-refractivity contribution in [3.8, 4) is 11.5 Å². The Morgan fingerprint density at radius 2 is 1.60 bits per heavy atom. The van der Waals surface area contributed by atoms with Gasteiger partial charge in [-0.3, -0.25) is 4.99 Å². The summed E-state index contributed by atoms with van der Waals surface area (Å²) in [4.78, 5) is 8.64. The van der Waals surface area contributed by atoms with Gasteiger partial charge in [-0.05, 0) is 24.3 Å². The van der Waals surface area contributed by atoms with Crippen LogP contribution in [0.1, 0.15) is 5.76 Å². The summed E-state index contributed by atoms with van der Waals surface area (Å²) in [6, 6.07) is 19.4. The van der Waals surface area contributed by atoms with Crippen LogP contribution in [0.5, 0.6) is 0 Å². The maximum Gasteiger partial charge on any atom is 0.227 e. The molecule has 0 aliphatic heterocycles. The van der Waals surface area contributed by atoms with Gasteiger partial charge in [0.15, 0.2) is 5.76 Å². The van der Waals surface area contributed by atoms with Crippen molar-refractivity contribution in [3.05, 3.63) is 66.4 Å². The molecule has 98 valence electrons. The molecule has 3 rings (SSSR count). The molecular formula is C16H12N2OS. The molecule has 0 N–H and O–H groups in total.